The van der Waals surface area contributed by atoms with Crippen molar-refractivity contribution in [2.24, 2.45) is 50.7 Å². The normalized spacial score (nSPS) is 32.5. The highest BCUT2D eigenvalue weighted by atomic mass is 16.5. The Kier molecular flexibility index (Phi) is 12.0. The fourth-order valence-corrected chi connectivity index (χ4v) is 11.4. The lowest BCUT2D eigenvalue weighted by molar-refractivity contribution is -0.169. The van der Waals surface area contributed by atoms with Crippen LogP contribution in [0.1, 0.15) is 145 Å². The molecule has 4 unspecified atom stereocenters. The number of aliphatic carboxylic acids is 1. The SMILES string of the molecule is CCC1CCC2C3=C(C(C)C)C(=O)CC3(CNC(=O)NCc3ccncc3)CC[C@@]2(C)[C@]1(C)CCC1CCC[C@H](OC(=O)CC(C)(C)C(=O)O)C1(C)C. The van der Waals surface area contributed by atoms with E-state index in [4.69, 9.17) is 4.74 Å². The second kappa shape index (κ2) is 15.5. The molecule has 1 aromatic heterocycles. The smallest absolute Gasteiger partial charge is 0.315 e. The summed E-state index contributed by atoms with van der Waals surface area (Å²) in [5.74, 6) is 0.173. The second-order valence-electron chi connectivity index (χ2n) is 19.2. The van der Waals surface area contributed by atoms with E-state index in [9.17, 15) is 24.3 Å². The average Bonchev–Trinajstić information content (AvgIpc) is 3.40. The van der Waals surface area contributed by atoms with Gasteiger partial charge in [-0.05, 0) is 129 Å². The molecular weight excluding hydrogens is 666 g/mol. The Morgan fingerprint density at radius 1 is 1.00 bits per heavy atom. The molecule has 294 valence electrons. The molecule has 3 N–H and O–H groups in total. The molecule has 0 bridgehead atoms. The van der Waals surface area contributed by atoms with Crippen molar-refractivity contribution in [3.05, 3.63) is 41.2 Å². The summed E-state index contributed by atoms with van der Waals surface area (Å²) in [6.45, 7) is 20.2. The van der Waals surface area contributed by atoms with Gasteiger partial charge in [0.2, 0.25) is 0 Å². The van der Waals surface area contributed by atoms with Crippen molar-refractivity contribution in [3.63, 3.8) is 0 Å². The lowest BCUT2D eigenvalue weighted by atomic mass is 9.40. The van der Waals surface area contributed by atoms with E-state index in [1.807, 2.05) is 12.1 Å². The van der Waals surface area contributed by atoms with Crippen LogP contribution in [0.15, 0.2) is 35.7 Å². The van der Waals surface area contributed by atoms with E-state index in [1.165, 1.54) is 5.57 Å². The maximum absolute atomic E-state index is 14.0. The predicted octanol–water partition coefficient (Wildman–Crippen LogP) is 9.05. The molecule has 0 aliphatic heterocycles. The number of aromatic nitrogens is 1. The minimum absolute atomic E-state index is 0.00772. The maximum Gasteiger partial charge on any atom is 0.315 e. The molecule has 2 amide bonds. The summed E-state index contributed by atoms with van der Waals surface area (Å²) in [4.78, 5) is 55.9. The molecule has 4 aliphatic carbocycles. The summed E-state index contributed by atoms with van der Waals surface area (Å²) in [5.41, 5.74) is 1.63. The fraction of sp³-hybridized carbons (Fsp3) is 0.750. The third kappa shape index (κ3) is 7.82. The molecule has 4 aliphatic rings. The van der Waals surface area contributed by atoms with E-state index in [0.29, 0.717) is 31.3 Å². The van der Waals surface area contributed by atoms with Crippen LogP contribution in [0.3, 0.4) is 0 Å². The highest BCUT2D eigenvalue weighted by molar-refractivity contribution is 6.00. The van der Waals surface area contributed by atoms with Crippen LogP contribution in [0.2, 0.25) is 0 Å². The summed E-state index contributed by atoms with van der Waals surface area (Å²) >= 11 is 0. The third-order valence-corrected chi connectivity index (χ3v) is 15.1. The zero-order valence-corrected chi connectivity index (χ0v) is 34.0. The number of carbonyl (C=O) groups is 4. The summed E-state index contributed by atoms with van der Waals surface area (Å²) < 4.78 is 6.09. The monoisotopic (exact) mass is 734 g/mol. The van der Waals surface area contributed by atoms with E-state index >= 15 is 0 Å². The predicted molar refractivity (Wildman–Crippen MR) is 207 cm³/mol. The summed E-state index contributed by atoms with van der Waals surface area (Å²) in [6, 6.07) is 3.58. The van der Waals surface area contributed by atoms with E-state index in [1.54, 1.807) is 26.2 Å². The van der Waals surface area contributed by atoms with Gasteiger partial charge < -0.3 is 20.5 Å². The third-order valence-electron chi connectivity index (χ3n) is 15.1. The first kappa shape index (κ1) is 40.9. The molecule has 0 saturated heterocycles. The van der Waals surface area contributed by atoms with Crippen LogP contribution in [-0.4, -0.2) is 46.5 Å². The molecule has 0 radical (unpaired) electrons. The van der Waals surface area contributed by atoms with Gasteiger partial charge in [0.05, 0.1) is 11.8 Å². The topological polar surface area (TPSA) is 135 Å². The molecule has 7 atom stereocenters. The zero-order chi connectivity index (χ0) is 39.0. The number of ketones is 1. The molecule has 9 nitrogen and oxygen atoms in total. The van der Waals surface area contributed by atoms with Crippen LogP contribution in [0, 0.1) is 50.7 Å². The number of hydrogen-bond donors (Lipinski definition) is 3. The van der Waals surface area contributed by atoms with Crippen molar-refractivity contribution in [1.82, 2.24) is 15.6 Å². The Morgan fingerprint density at radius 3 is 2.34 bits per heavy atom. The number of carboxylic acid groups (broad SMARTS) is 1. The number of carbonyl (C=O) groups excluding carboxylic acids is 3. The van der Waals surface area contributed by atoms with Gasteiger partial charge in [0.15, 0.2) is 5.78 Å². The number of nitrogens with one attached hydrogen (secondary N) is 2. The number of esters is 1. The molecule has 1 aromatic rings. The van der Waals surface area contributed by atoms with Gasteiger partial charge in [-0.1, -0.05) is 60.5 Å². The van der Waals surface area contributed by atoms with Crippen molar-refractivity contribution >= 4 is 23.8 Å². The molecule has 0 spiro atoms. The van der Waals surface area contributed by atoms with Crippen LogP contribution < -0.4 is 10.6 Å². The molecule has 5 rings (SSSR count). The molecular formula is C44H67N3O6. The number of rotatable bonds is 13. The van der Waals surface area contributed by atoms with Gasteiger partial charge in [0.1, 0.15) is 6.10 Å². The van der Waals surface area contributed by atoms with Crippen molar-refractivity contribution in [1.29, 1.82) is 0 Å². The van der Waals surface area contributed by atoms with Crippen LogP contribution in [0.4, 0.5) is 4.79 Å². The maximum atomic E-state index is 14.0. The molecule has 53 heavy (non-hydrogen) atoms. The number of Topliss-reactive ketones (excluding diaryl/α,β-unsaturated/α-hetero) is 1. The summed E-state index contributed by atoms with van der Waals surface area (Å²) in [7, 11) is 0. The number of amides is 2. The van der Waals surface area contributed by atoms with Crippen LogP contribution in [-0.2, 0) is 25.7 Å². The van der Waals surface area contributed by atoms with Crippen LogP contribution in [0.5, 0.6) is 0 Å². The average molecular weight is 734 g/mol. The van der Waals surface area contributed by atoms with Gasteiger partial charge in [-0.15, -0.1) is 0 Å². The zero-order valence-electron chi connectivity index (χ0n) is 34.0. The van der Waals surface area contributed by atoms with Gasteiger partial charge in [-0.25, -0.2) is 4.79 Å². The first-order chi connectivity index (χ1) is 24.8. The summed E-state index contributed by atoms with van der Waals surface area (Å²) in [6.07, 6.45) is 13.7. The first-order valence-corrected chi connectivity index (χ1v) is 20.4. The molecule has 3 saturated carbocycles. The number of ether oxygens (including phenoxy) is 1. The van der Waals surface area contributed by atoms with Gasteiger partial charge in [0.25, 0.3) is 0 Å². The van der Waals surface area contributed by atoms with Crippen LogP contribution in [0.25, 0.3) is 0 Å². The largest absolute Gasteiger partial charge is 0.481 e. The minimum atomic E-state index is -1.17. The van der Waals surface area contributed by atoms with Gasteiger partial charge >= 0.3 is 18.0 Å². The Hall–Kier alpha value is -3.23. The second-order valence-corrected chi connectivity index (χ2v) is 19.2. The van der Waals surface area contributed by atoms with E-state index in [-0.39, 0.29) is 57.8 Å². The van der Waals surface area contributed by atoms with Gasteiger partial charge in [0, 0.05) is 42.7 Å². The lowest BCUT2D eigenvalue weighted by Crippen LogP contribution is -2.58. The highest BCUT2D eigenvalue weighted by Gasteiger charge is 2.64. The first-order valence-electron chi connectivity index (χ1n) is 20.4. The van der Waals surface area contributed by atoms with E-state index < -0.39 is 17.4 Å². The number of fused-ring (bicyclic) bond motifs is 3. The summed E-state index contributed by atoms with van der Waals surface area (Å²) in [5, 5.41) is 15.8. The van der Waals surface area contributed by atoms with E-state index in [2.05, 4.69) is 64.1 Å². The molecule has 9 heteroatoms. The van der Waals surface area contributed by atoms with Crippen molar-refractivity contribution in [2.45, 2.75) is 152 Å². The van der Waals surface area contributed by atoms with Crippen molar-refractivity contribution in [2.75, 3.05) is 6.54 Å². The lowest BCUT2D eigenvalue weighted by Gasteiger charge is -2.64. The van der Waals surface area contributed by atoms with Gasteiger partial charge in [-0.3, -0.25) is 19.4 Å². The quantitative estimate of drug-likeness (QED) is 0.172. The van der Waals surface area contributed by atoms with Crippen molar-refractivity contribution < 1.29 is 29.0 Å². The molecule has 3 fully saturated rings. The standard InChI is InChI=1S/C44H67N3O6/c1-10-30-14-15-32-37-36(28(2)3)33(48)24-44(37,27-47-39(52)46-26-29-17-22-45-23-18-29)21-20-43(32,9)42(30,8)19-16-31-12-11-13-34(41(31,6)7)53-35(49)25-40(4,5)38(50)51/h17-18,22-23,28,30-32,34H,10-16,19-21,24-27H2,1-9H3,(H,50,51)(H2,46,47,52)/t30?,31?,32?,34-,42+,43+,44?/m0/s1. The van der Waals surface area contributed by atoms with Crippen molar-refractivity contribution in [3.8, 4) is 0 Å². The fourth-order valence-electron chi connectivity index (χ4n) is 11.4. The van der Waals surface area contributed by atoms with Gasteiger partial charge in [-0.2, -0.15) is 0 Å². The minimum Gasteiger partial charge on any atom is -0.481 e. The number of urea groups is 1. The Bertz CT molecular complexity index is 1570. The molecule has 0 aromatic carbocycles. The Labute approximate surface area is 318 Å². The molecule has 1 heterocycles. The van der Waals surface area contributed by atoms with E-state index in [0.717, 1.165) is 75.3 Å². The number of hydrogen-bond acceptors (Lipinski definition) is 6. The van der Waals surface area contributed by atoms with Crippen LogP contribution >= 0.6 is 0 Å². The highest BCUT2D eigenvalue weighted by Crippen LogP contribution is 2.70. The number of carboxylic acids is 1. The number of allylic oxidation sites excluding steroid dienone is 1. The number of pyridine rings is 1. The number of nitrogens with zero attached hydrogens (tertiary/aromatic N) is 1. The Morgan fingerprint density at radius 2 is 1.70 bits per heavy atom. The Balaban J connectivity index is 1.36.